The average Bonchev–Trinajstić information content (AvgIpc) is 2.56. The number of hydrogen-bond donors (Lipinski definition) is 1. The lowest BCUT2D eigenvalue weighted by Gasteiger charge is -2.34. The molecule has 1 heterocycles. The van der Waals surface area contributed by atoms with Crippen molar-refractivity contribution < 1.29 is 13.2 Å². The molecule has 0 radical (unpaired) electrons. The fourth-order valence-electron chi connectivity index (χ4n) is 2.70. The molecule has 120 valence electrons. The molecule has 1 saturated heterocycles. The molecule has 1 aliphatic heterocycles. The van der Waals surface area contributed by atoms with Crippen molar-refractivity contribution in [3.05, 3.63) is 65.7 Å². The predicted molar refractivity (Wildman–Crippen MR) is 87.3 cm³/mol. The molecule has 0 spiro atoms. The van der Waals surface area contributed by atoms with E-state index in [9.17, 15) is 13.2 Å². The maximum atomic E-state index is 13.0. The van der Waals surface area contributed by atoms with E-state index in [2.05, 4.69) is 5.32 Å². The lowest BCUT2D eigenvalue weighted by atomic mass is 10.1. The SMILES string of the molecule is Cc1ccc(S(=O)(=O)N2CCNC(=O)C2c2ccccc2)cc1. The first-order chi connectivity index (χ1) is 11.0. The second-order valence-electron chi connectivity index (χ2n) is 5.53. The van der Waals surface area contributed by atoms with Gasteiger partial charge in [0.2, 0.25) is 15.9 Å². The molecule has 0 aromatic heterocycles. The van der Waals surface area contributed by atoms with E-state index in [-0.39, 0.29) is 17.3 Å². The molecule has 1 N–H and O–H groups in total. The topological polar surface area (TPSA) is 66.5 Å². The van der Waals surface area contributed by atoms with Crippen molar-refractivity contribution in [2.75, 3.05) is 13.1 Å². The fraction of sp³-hybridized carbons (Fsp3) is 0.235. The fourth-order valence-corrected chi connectivity index (χ4v) is 4.28. The summed E-state index contributed by atoms with van der Waals surface area (Å²) in [7, 11) is -3.74. The molecule has 2 aromatic carbocycles. The molecule has 1 amide bonds. The van der Waals surface area contributed by atoms with E-state index in [1.54, 1.807) is 48.5 Å². The van der Waals surface area contributed by atoms with Gasteiger partial charge in [0.15, 0.2) is 0 Å². The number of piperazine rings is 1. The zero-order chi connectivity index (χ0) is 16.4. The third kappa shape index (κ3) is 3.00. The second kappa shape index (κ2) is 6.14. The lowest BCUT2D eigenvalue weighted by Crippen LogP contribution is -2.52. The van der Waals surface area contributed by atoms with Crippen molar-refractivity contribution in [1.82, 2.24) is 9.62 Å². The number of sulfonamides is 1. The Labute approximate surface area is 136 Å². The monoisotopic (exact) mass is 330 g/mol. The molecule has 1 aliphatic rings. The maximum absolute atomic E-state index is 13.0. The normalized spacial score (nSPS) is 19.3. The highest BCUT2D eigenvalue weighted by Crippen LogP contribution is 2.29. The van der Waals surface area contributed by atoms with Crippen molar-refractivity contribution in [2.45, 2.75) is 17.9 Å². The number of carbonyl (C=O) groups is 1. The van der Waals surface area contributed by atoms with Crippen LogP contribution in [0.4, 0.5) is 0 Å². The summed E-state index contributed by atoms with van der Waals surface area (Å²) >= 11 is 0. The second-order valence-corrected chi connectivity index (χ2v) is 7.42. The van der Waals surface area contributed by atoms with E-state index < -0.39 is 16.1 Å². The highest BCUT2D eigenvalue weighted by Gasteiger charge is 2.39. The van der Waals surface area contributed by atoms with Crippen LogP contribution in [0.25, 0.3) is 0 Å². The Morgan fingerprint density at radius 3 is 2.35 bits per heavy atom. The zero-order valence-corrected chi connectivity index (χ0v) is 13.6. The number of aryl methyl sites for hydroxylation is 1. The van der Waals surface area contributed by atoms with Gasteiger partial charge in [0.05, 0.1) is 4.90 Å². The minimum atomic E-state index is -3.74. The molecule has 1 fully saturated rings. The van der Waals surface area contributed by atoms with Gasteiger partial charge in [-0.15, -0.1) is 0 Å². The first-order valence-corrected chi connectivity index (χ1v) is 8.85. The largest absolute Gasteiger partial charge is 0.353 e. The molecular formula is C17H18N2O3S. The summed E-state index contributed by atoms with van der Waals surface area (Å²) in [6, 6.07) is 14.8. The highest BCUT2D eigenvalue weighted by molar-refractivity contribution is 7.89. The van der Waals surface area contributed by atoms with Crippen molar-refractivity contribution in [2.24, 2.45) is 0 Å². The molecule has 5 nitrogen and oxygen atoms in total. The van der Waals surface area contributed by atoms with E-state index in [0.717, 1.165) is 5.56 Å². The van der Waals surface area contributed by atoms with Crippen LogP contribution in [0.15, 0.2) is 59.5 Å². The molecule has 1 unspecified atom stereocenters. The van der Waals surface area contributed by atoms with Gasteiger partial charge in [-0.2, -0.15) is 4.31 Å². The van der Waals surface area contributed by atoms with Crippen LogP contribution in [-0.4, -0.2) is 31.7 Å². The molecule has 23 heavy (non-hydrogen) atoms. The van der Waals surface area contributed by atoms with E-state index >= 15 is 0 Å². The number of nitrogens with zero attached hydrogens (tertiary/aromatic N) is 1. The highest BCUT2D eigenvalue weighted by atomic mass is 32.2. The molecule has 0 bridgehead atoms. The number of hydrogen-bond acceptors (Lipinski definition) is 3. The Morgan fingerprint density at radius 1 is 1.04 bits per heavy atom. The van der Waals surface area contributed by atoms with Gasteiger partial charge in [0, 0.05) is 13.1 Å². The van der Waals surface area contributed by atoms with Gasteiger partial charge in [-0.3, -0.25) is 4.79 Å². The van der Waals surface area contributed by atoms with E-state index in [1.165, 1.54) is 4.31 Å². The summed E-state index contributed by atoms with van der Waals surface area (Å²) in [5, 5.41) is 2.75. The van der Waals surface area contributed by atoms with E-state index in [1.807, 2.05) is 13.0 Å². The van der Waals surface area contributed by atoms with Crippen molar-refractivity contribution in [3.63, 3.8) is 0 Å². The Kier molecular flexibility index (Phi) is 4.19. The average molecular weight is 330 g/mol. The van der Waals surface area contributed by atoms with Gasteiger partial charge in [-0.1, -0.05) is 48.0 Å². The van der Waals surface area contributed by atoms with Crippen LogP contribution in [0.1, 0.15) is 17.2 Å². The van der Waals surface area contributed by atoms with E-state index in [4.69, 9.17) is 0 Å². The van der Waals surface area contributed by atoms with Crippen LogP contribution in [-0.2, 0) is 14.8 Å². The van der Waals surface area contributed by atoms with Crippen LogP contribution < -0.4 is 5.32 Å². The Morgan fingerprint density at radius 2 is 1.70 bits per heavy atom. The van der Waals surface area contributed by atoms with Crippen molar-refractivity contribution >= 4 is 15.9 Å². The molecule has 0 aliphatic carbocycles. The molecule has 3 rings (SSSR count). The number of carbonyl (C=O) groups excluding carboxylic acids is 1. The molecule has 6 heteroatoms. The van der Waals surface area contributed by atoms with Crippen LogP contribution in [0.2, 0.25) is 0 Å². The molecular weight excluding hydrogens is 312 g/mol. The summed E-state index contributed by atoms with van der Waals surface area (Å²) in [4.78, 5) is 12.5. The van der Waals surface area contributed by atoms with Gasteiger partial charge in [0.1, 0.15) is 6.04 Å². The summed E-state index contributed by atoms with van der Waals surface area (Å²) in [5.74, 6) is -0.293. The standard InChI is InChI=1S/C17H18N2O3S/c1-13-7-9-15(10-8-13)23(21,22)19-12-11-18-17(20)16(19)14-5-3-2-4-6-14/h2-10,16H,11-12H2,1H3,(H,18,20). The number of amides is 1. The smallest absolute Gasteiger partial charge is 0.244 e. The van der Waals surface area contributed by atoms with Gasteiger partial charge in [-0.05, 0) is 24.6 Å². The summed E-state index contributed by atoms with van der Waals surface area (Å²) < 4.78 is 27.2. The number of nitrogens with one attached hydrogen (secondary N) is 1. The van der Waals surface area contributed by atoms with Gasteiger partial charge < -0.3 is 5.32 Å². The Balaban J connectivity index is 2.04. The van der Waals surface area contributed by atoms with Gasteiger partial charge in [0.25, 0.3) is 0 Å². The minimum Gasteiger partial charge on any atom is -0.353 e. The van der Waals surface area contributed by atoms with Gasteiger partial charge >= 0.3 is 0 Å². The first kappa shape index (κ1) is 15.7. The molecule has 0 saturated carbocycles. The van der Waals surface area contributed by atoms with Crippen molar-refractivity contribution in [3.8, 4) is 0 Å². The predicted octanol–water partition coefficient (Wildman–Crippen LogP) is 1.86. The summed E-state index contributed by atoms with van der Waals surface area (Å²) in [5.41, 5.74) is 1.65. The lowest BCUT2D eigenvalue weighted by molar-refractivity contribution is -0.126. The third-order valence-electron chi connectivity index (χ3n) is 3.91. The minimum absolute atomic E-state index is 0.207. The van der Waals surface area contributed by atoms with E-state index in [0.29, 0.717) is 12.1 Å². The van der Waals surface area contributed by atoms with Crippen molar-refractivity contribution in [1.29, 1.82) is 0 Å². The third-order valence-corrected chi connectivity index (χ3v) is 5.79. The Bertz CT molecular complexity index is 801. The molecule has 1 atom stereocenters. The van der Waals surface area contributed by atoms with Crippen LogP contribution in [0.5, 0.6) is 0 Å². The zero-order valence-electron chi connectivity index (χ0n) is 12.8. The van der Waals surface area contributed by atoms with Crippen LogP contribution >= 0.6 is 0 Å². The quantitative estimate of drug-likeness (QED) is 0.934. The number of rotatable bonds is 3. The molecule has 2 aromatic rings. The number of benzene rings is 2. The summed E-state index contributed by atoms with van der Waals surface area (Å²) in [6.45, 7) is 2.46. The Hall–Kier alpha value is -2.18. The first-order valence-electron chi connectivity index (χ1n) is 7.41. The van der Waals surface area contributed by atoms with Crippen LogP contribution in [0.3, 0.4) is 0 Å². The van der Waals surface area contributed by atoms with Gasteiger partial charge in [-0.25, -0.2) is 8.42 Å². The van der Waals surface area contributed by atoms with Crippen LogP contribution in [0, 0.1) is 6.92 Å². The maximum Gasteiger partial charge on any atom is 0.244 e. The summed E-state index contributed by atoms with van der Waals surface area (Å²) in [6.07, 6.45) is 0.